The molecule has 2 rings (SSSR count). The molecule has 2 atom stereocenters. The van der Waals surface area contributed by atoms with Gasteiger partial charge in [-0.2, -0.15) is 0 Å². The van der Waals surface area contributed by atoms with Crippen LogP contribution < -0.4 is 10.6 Å². The summed E-state index contributed by atoms with van der Waals surface area (Å²) in [6.45, 7) is 4.33. The Morgan fingerprint density at radius 1 is 1.52 bits per heavy atom. The summed E-state index contributed by atoms with van der Waals surface area (Å²) in [5.74, 6) is 0.504. The fraction of sp³-hybridized carbons (Fsp3) is 0.562. The molecule has 0 heterocycles. The molecule has 21 heavy (non-hydrogen) atoms. The Hall–Kier alpha value is -1.26. The zero-order valence-electron chi connectivity index (χ0n) is 12.6. The topological polar surface area (TPSA) is 61.4 Å². The number of hydrogen-bond acceptors (Lipinski definition) is 2. The average molecular weight is 311 g/mol. The van der Waals surface area contributed by atoms with Crippen molar-refractivity contribution in [1.82, 2.24) is 5.32 Å². The van der Waals surface area contributed by atoms with Crippen LogP contribution in [0, 0.1) is 12.8 Å². The maximum atomic E-state index is 11.9. The third-order valence-corrected chi connectivity index (χ3v) is 4.48. The van der Waals surface area contributed by atoms with Gasteiger partial charge < -0.3 is 15.7 Å². The normalized spacial score (nSPS) is 25.4. The number of amides is 2. The number of aliphatic hydroxyl groups is 1. The van der Waals surface area contributed by atoms with Crippen molar-refractivity contribution >= 4 is 23.3 Å². The Kier molecular flexibility index (Phi) is 5.12. The molecular formula is C16H23ClN2O2. The van der Waals surface area contributed by atoms with Gasteiger partial charge in [-0.05, 0) is 43.4 Å². The second-order valence-corrected chi connectivity index (χ2v) is 6.60. The van der Waals surface area contributed by atoms with Gasteiger partial charge in [-0.25, -0.2) is 4.79 Å². The van der Waals surface area contributed by atoms with E-state index in [2.05, 4.69) is 17.6 Å². The quantitative estimate of drug-likeness (QED) is 0.797. The van der Waals surface area contributed by atoms with Crippen molar-refractivity contribution in [1.29, 1.82) is 0 Å². The summed E-state index contributed by atoms with van der Waals surface area (Å²) in [7, 11) is 0. The molecule has 0 aromatic heterocycles. The molecule has 0 spiro atoms. The molecule has 2 unspecified atom stereocenters. The lowest BCUT2D eigenvalue weighted by atomic mass is 9.79. The molecule has 1 aromatic carbocycles. The van der Waals surface area contributed by atoms with Crippen LogP contribution in [0.15, 0.2) is 18.2 Å². The zero-order valence-corrected chi connectivity index (χ0v) is 13.3. The summed E-state index contributed by atoms with van der Waals surface area (Å²) >= 11 is 6.02. The van der Waals surface area contributed by atoms with E-state index in [1.54, 1.807) is 12.1 Å². The van der Waals surface area contributed by atoms with Crippen LogP contribution in [-0.2, 0) is 0 Å². The first-order valence-corrected chi connectivity index (χ1v) is 7.79. The summed E-state index contributed by atoms with van der Waals surface area (Å²) < 4.78 is 0. The molecule has 1 aliphatic rings. The highest BCUT2D eigenvalue weighted by Crippen LogP contribution is 2.31. The van der Waals surface area contributed by atoms with Crippen LogP contribution in [0.2, 0.25) is 5.02 Å². The van der Waals surface area contributed by atoms with Gasteiger partial charge in [0.05, 0.1) is 5.60 Å². The molecule has 0 bridgehead atoms. The first-order valence-electron chi connectivity index (χ1n) is 7.41. The lowest BCUT2D eigenvalue weighted by Crippen LogP contribution is -2.46. The molecule has 1 aromatic rings. The molecule has 1 fully saturated rings. The maximum Gasteiger partial charge on any atom is 0.319 e. The molecule has 0 saturated heterocycles. The largest absolute Gasteiger partial charge is 0.388 e. The molecule has 116 valence electrons. The van der Waals surface area contributed by atoms with E-state index in [0.29, 0.717) is 16.6 Å². The van der Waals surface area contributed by atoms with Crippen molar-refractivity contribution in [2.24, 2.45) is 5.92 Å². The van der Waals surface area contributed by atoms with E-state index in [-0.39, 0.29) is 12.6 Å². The highest BCUT2D eigenvalue weighted by molar-refractivity contribution is 6.31. The predicted octanol–water partition coefficient (Wildman–Crippen LogP) is 3.71. The Morgan fingerprint density at radius 2 is 2.29 bits per heavy atom. The SMILES string of the molecule is Cc1ccc(NC(=O)NCC2(O)CCCC(C)C2)cc1Cl. The number of carbonyl (C=O) groups excluding carboxylic acids is 1. The van der Waals surface area contributed by atoms with Gasteiger partial charge in [0, 0.05) is 17.3 Å². The molecule has 3 N–H and O–H groups in total. The molecule has 5 heteroatoms. The van der Waals surface area contributed by atoms with Crippen LogP contribution in [0.3, 0.4) is 0 Å². The minimum absolute atomic E-state index is 0.281. The van der Waals surface area contributed by atoms with Gasteiger partial charge in [0.25, 0.3) is 0 Å². The number of carbonyl (C=O) groups is 1. The van der Waals surface area contributed by atoms with Gasteiger partial charge >= 0.3 is 6.03 Å². The first-order chi connectivity index (χ1) is 9.88. The number of aryl methyl sites for hydroxylation is 1. The molecule has 2 amide bonds. The summed E-state index contributed by atoms with van der Waals surface area (Å²) in [4.78, 5) is 11.9. The number of urea groups is 1. The van der Waals surface area contributed by atoms with Crippen LogP contribution in [0.5, 0.6) is 0 Å². The Balaban J connectivity index is 1.85. The lowest BCUT2D eigenvalue weighted by Gasteiger charge is -2.35. The molecule has 0 aliphatic heterocycles. The van der Waals surface area contributed by atoms with Crippen LogP contribution in [0.4, 0.5) is 10.5 Å². The van der Waals surface area contributed by atoms with Crippen molar-refractivity contribution in [3.8, 4) is 0 Å². The smallest absolute Gasteiger partial charge is 0.319 e. The van der Waals surface area contributed by atoms with E-state index in [4.69, 9.17) is 11.6 Å². The van der Waals surface area contributed by atoms with Crippen molar-refractivity contribution < 1.29 is 9.90 Å². The number of nitrogens with one attached hydrogen (secondary N) is 2. The summed E-state index contributed by atoms with van der Waals surface area (Å²) in [6, 6.07) is 5.06. The van der Waals surface area contributed by atoms with Crippen molar-refractivity contribution in [3.05, 3.63) is 28.8 Å². The third kappa shape index (κ3) is 4.61. The fourth-order valence-corrected chi connectivity index (χ4v) is 3.06. The van der Waals surface area contributed by atoms with Crippen LogP contribution in [-0.4, -0.2) is 23.3 Å². The molecule has 0 radical (unpaired) electrons. The molecule has 4 nitrogen and oxygen atoms in total. The number of hydrogen-bond donors (Lipinski definition) is 3. The van der Waals surface area contributed by atoms with E-state index < -0.39 is 5.60 Å². The summed E-state index contributed by atoms with van der Waals surface area (Å²) in [5.41, 5.74) is 0.833. The summed E-state index contributed by atoms with van der Waals surface area (Å²) in [5, 5.41) is 16.6. The third-order valence-electron chi connectivity index (χ3n) is 4.08. The van der Waals surface area contributed by atoms with Gasteiger partial charge in [0.1, 0.15) is 0 Å². The van der Waals surface area contributed by atoms with E-state index in [1.165, 1.54) is 0 Å². The van der Waals surface area contributed by atoms with Gasteiger partial charge in [0.15, 0.2) is 0 Å². The Labute approximate surface area is 130 Å². The fourth-order valence-electron chi connectivity index (χ4n) is 2.88. The number of rotatable bonds is 3. The molecule has 1 saturated carbocycles. The molecular weight excluding hydrogens is 288 g/mol. The maximum absolute atomic E-state index is 11.9. The number of halogens is 1. The highest BCUT2D eigenvalue weighted by atomic mass is 35.5. The highest BCUT2D eigenvalue weighted by Gasteiger charge is 2.32. The van der Waals surface area contributed by atoms with Crippen LogP contribution >= 0.6 is 11.6 Å². The van der Waals surface area contributed by atoms with E-state index in [0.717, 1.165) is 31.2 Å². The molecule has 1 aliphatic carbocycles. The van der Waals surface area contributed by atoms with Gasteiger partial charge in [0.2, 0.25) is 0 Å². The van der Waals surface area contributed by atoms with Crippen molar-refractivity contribution in [3.63, 3.8) is 0 Å². The second kappa shape index (κ2) is 6.67. The average Bonchev–Trinajstić information content (AvgIpc) is 2.41. The lowest BCUT2D eigenvalue weighted by molar-refractivity contribution is -0.00920. The van der Waals surface area contributed by atoms with Gasteiger partial charge in [-0.1, -0.05) is 37.4 Å². The minimum Gasteiger partial charge on any atom is -0.388 e. The van der Waals surface area contributed by atoms with Crippen LogP contribution in [0.1, 0.15) is 38.2 Å². The van der Waals surface area contributed by atoms with Crippen LogP contribution in [0.25, 0.3) is 0 Å². The second-order valence-electron chi connectivity index (χ2n) is 6.20. The predicted molar refractivity (Wildman–Crippen MR) is 85.8 cm³/mol. The number of anilines is 1. The number of benzene rings is 1. The van der Waals surface area contributed by atoms with E-state index in [9.17, 15) is 9.90 Å². The van der Waals surface area contributed by atoms with Gasteiger partial charge in [-0.3, -0.25) is 0 Å². The van der Waals surface area contributed by atoms with Gasteiger partial charge in [-0.15, -0.1) is 0 Å². The van der Waals surface area contributed by atoms with E-state index >= 15 is 0 Å². The van der Waals surface area contributed by atoms with Crippen molar-refractivity contribution in [2.45, 2.75) is 45.1 Å². The Morgan fingerprint density at radius 3 is 2.95 bits per heavy atom. The summed E-state index contributed by atoms with van der Waals surface area (Å²) in [6.07, 6.45) is 3.64. The zero-order chi connectivity index (χ0) is 15.5. The minimum atomic E-state index is -0.778. The van der Waals surface area contributed by atoms with E-state index in [1.807, 2.05) is 13.0 Å². The Bertz CT molecular complexity index is 521. The first kappa shape index (κ1) is 16.1. The monoisotopic (exact) mass is 310 g/mol. The van der Waals surface area contributed by atoms with Crippen molar-refractivity contribution in [2.75, 3.05) is 11.9 Å². The standard InChI is InChI=1S/C16H23ClN2O2/c1-11-4-3-7-16(21,9-11)10-18-15(20)19-13-6-5-12(2)14(17)8-13/h5-6,8,11,21H,3-4,7,9-10H2,1-2H3,(H2,18,19,20).